The Morgan fingerprint density at radius 3 is 2.69 bits per heavy atom. The molecule has 0 radical (unpaired) electrons. The number of rotatable bonds is 0. The van der Waals surface area contributed by atoms with Gasteiger partial charge in [0.2, 0.25) is 0 Å². The van der Waals surface area contributed by atoms with Crippen molar-refractivity contribution in [3.8, 4) is 5.75 Å². The molecule has 1 nitrogen and oxygen atoms in total. The van der Waals surface area contributed by atoms with Crippen LogP contribution >= 0.6 is 22.9 Å². The lowest BCUT2D eigenvalue weighted by molar-refractivity contribution is 0.480. The topological polar surface area (TPSA) is 20.2 Å². The summed E-state index contributed by atoms with van der Waals surface area (Å²) in [7, 11) is 0. The predicted octanol–water partition coefficient (Wildman–Crippen LogP) is 3.88. The van der Waals surface area contributed by atoms with Gasteiger partial charge in [-0.3, -0.25) is 0 Å². The zero-order chi connectivity index (χ0) is 9.59. The van der Waals surface area contributed by atoms with Gasteiger partial charge < -0.3 is 5.11 Å². The Morgan fingerprint density at radius 1 is 1.31 bits per heavy atom. The van der Waals surface area contributed by atoms with Crippen LogP contribution < -0.4 is 0 Å². The van der Waals surface area contributed by atoms with Gasteiger partial charge in [-0.05, 0) is 25.5 Å². The Balaban J connectivity index is 2.97. The average Bonchev–Trinajstić information content (AvgIpc) is 2.37. The molecule has 1 N–H and O–H groups in total. The van der Waals surface area contributed by atoms with E-state index in [1.807, 2.05) is 26.0 Å². The number of fused-ring (bicyclic) bond motifs is 1. The molecule has 0 fully saturated rings. The van der Waals surface area contributed by atoms with E-state index < -0.39 is 0 Å². The lowest BCUT2D eigenvalue weighted by Gasteiger charge is -1.98. The molecule has 1 aromatic heterocycles. The summed E-state index contributed by atoms with van der Waals surface area (Å²) in [5.74, 6) is 0.328. The maximum absolute atomic E-state index is 9.73. The molecule has 0 aliphatic heterocycles. The van der Waals surface area contributed by atoms with Crippen LogP contribution in [0.5, 0.6) is 5.75 Å². The molecular weight excluding hydrogens is 204 g/mol. The first-order valence-electron chi connectivity index (χ1n) is 3.98. The summed E-state index contributed by atoms with van der Waals surface area (Å²) in [4.78, 5) is 0.919. The average molecular weight is 213 g/mol. The fraction of sp³-hybridized carbons (Fsp3) is 0.200. The molecule has 0 amide bonds. The van der Waals surface area contributed by atoms with Crippen molar-refractivity contribution in [3.63, 3.8) is 0 Å². The standard InChI is InChI=1S/C10H9ClOS/c1-5-3-4-7-8(9(5)11)10(12)6(2)13-7/h3-4,12H,1-2H3. The first-order chi connectivity index (χ1) is 6.11. The highest BCUT2D eigenvalue weighted by molar-refractivity contribution is 7.19. The molecule has 0 saturated carbocycles. The van der Waals surface area contributed by atoms with E-state index in [0.29, 0.717) is 10.8 Å². The summed E-state index contributed by atoms with van der Waals surface area (Å²) in [6, 6.07) is 3.97. The van der Waals surface area contributed by atoms with E-state index in [4.69, 9.17) is 11.6 Å². The number of hydrogen-bond donors (Lipinski definition) is 1. The maximum atomic E-state index is 9.73. The summed E-state index contributed by atoms with van der Waals surface area (Å²) in [6.45, 7) is 3.83. The van der Waals surface area contributed by atoms with Crippen molar-refractivity contribution in [2.45, 2.75) is 13.8 Å². The summed E-state index contributed by atoms with van der Waals surface area (Å²) in [5, 5.41) is 11.2. The van der Waals surface area contributed by atoms with Gasteiger partial charge in [-0.2, -0.15) is 0 Å². The number of hydrogen-bond acceptors (Lipinski definition) is 2. The Hall–Kier alpha value is -0.730. The van der Waals surface area contributed by atoms with Crippen LogP contribution in [0.1, 0.15) is 10.4 Å². The second-order valence-corrected chi connectivity index (χ2v) is 4.71. The molecule has 2 rings (SSSR count). The van der Waals surface area contributed by atoms with Crippen molar-refractivity contribution >= 4 is 33.0 Å². The molecule has 68 valence electrons. The Labute approximate surface area is 85.6 Å². The number of aryl methyl sites for hydroxylation is 2. The largest absolute Gasteiger partial charge is 0.506 e. The van der Waals surface area contributed by atoms with Crippen LogP contribution in [0.3, 0.4) is 0 Å². The van der Waals surface area contributed by atoms with Gasteiger partial charge in [0.25, 0.3) is 0 Å². The molecule has 0 atom stereocenters. The van der Waals surface area contributed by atoms with Gasteiger partial charge in [-0.1, -0.05) is 17.7 Å². The first kappa shape index (κ1) is 8.85. The van der Waals surface area contributed by atoms with Crippen molar-refractivity contribution in [1.82, 2.24) is 0 Å². The molecule has 0 spiro atoms. The third kappa shape index (κ3) is 1.21. The van der Waals surface area contributed by atoms with Gasteiger partial charge in [0.15, 0.2) is 0 Å². The molecule has 0 unspecified atom stereocenters. The molecule has 1 aromatic carbocycles. The number of thiophene rings is 1. The van der Waals surface area contributed by atoms with Gasteiger partial charge in [-0.15, -0.1) is 11.3 Å². The Kier molecular flexibility index (Phi) is 1.97. The van der Waals surface area contributed by atoms with Crippen molar-refractivity contribution in [3.05, 3.63) is 27.6 Å². The normalized spacial score (nSPS) is 11.0. The minimum atomic E-state index is 0.328. The fourth-order valence-electron chi connectivity index (χ4n) is 1.36. The molecule has 3 heteroatoms. The van der Waals surface area contributed by atoms with Crippen molar-refractivity contribution in [2.24, 2.45) is 0 Å². The molecule has 2 aromatic rings. The minimum absolute atomic E-state index is 0.328. The van der Waals surface area contributed by atoms with E-state index in [9.17, 15) is 5.11 Å². The van der Waals surface area contributed by atoms with Crippen LogP contribution in [0.4, 0.5) is 0 Å². The fourth-order valence-corrected chi connectivity index (χ4v) is 2.63. The summed E-state index contributed by atoms with van der Waals surface area (Å²) in [5.41, 5.74) is 1.00. The number of halogens is 1. The van der Waals surface area contributed by atoms with Crippen LogP contribution in [0, 0.1) is 13.8 Å². The highest BCUT2D eigenvalue weighted by Gasteiger charge is 2.11. The quantitative estimate of drug-likeness (QED) is 0.703. The maximum Gasteiger partial charge on any atom is 0.138 e. The Morgan fingerprint density at radius 2 is 2.00 bits per heavy atom. The molecule has 1 heterocycles. The summed E-state index contributed by atoms with van der Waals surface area (Å²) < 4.78 is 1.05. The predicted molar refractivity (Wildman–Crippen MR) is 58.0 cm³/mol. The molecule has 13 heavy (non-hydrogen) atoms. The van der Waals surface area contributed by atoms with E-state index in [1.165, 1.54) is 0 Å². The van der Waals surface area contributed by atoms with E-state index in [-0.39, 0.29) is 0 Å². The van der Waals surface area contributed by atoms with Crippen LogP contribution in [0.15, 0.2) is 12.1 Å². The van der Waals surface area contributed by atoms with Gasteiger partial charge in [0, 0.05) is 9.58 Å². The zero-order valence-corrected chi connectivity index (χ0v) is 8.96. The molecule has 0 bridgehead atoms. The van der Waals surface area contributed by atoms with Gasteiger partial charge >= 0.3 is 0 Å². The van der Waals surface area contributed by atoms with Crippen LogP contribution in [-0.4, -0.2) is 5.11 Å². The minimum Gasteiger partial charge on any atom is -0.506 e. The SMILES string of the molecule is Cc1ccc2sc(C)c(O)c2c1Cl. The third-order valence-electron chi connectivity index (χ3n) is 2.13. The second-order valence-electron chi connectivity index (χ2n) is 3.08. The van der Waals surface area contributed by atoms with Gasteiger partial charge in [0.05, 0.1) is 10.4 Å². The van der Waals surface area contributed by atoms with E-state index >= 15 is 0 Å². The monoisotopic (exact) mass is 212 g/mol. The number of benzene rings is 1. The lowest BCUT2D eigenvalue weighted by Crippen LogP contribution is -1.74. The first-order valence-corrected chi connectivity index (χ1v) is 5.18. The van der Waals surface area contributed by atoms with E-state index in [1.54, 1.807) is 11.3 Å². The summed E-state index contributed by atoms with van der Waals surface area (Å²) >= 11 is 7.66. The van der Waals surface area contributed by atoms with Crippen molar-refractivity contribution in [2.75, 3.05) is 0 Å². The molecule has 0 aliphatic carbocycles. The van der Waals surface area contributed by atoms with Crippen molar-refractivity contribution in [1.29, 1.82) is 0 Å². The van der Waals surface area contributed by atoms with Crippen LogP contribution in [0.2, 0.25) is 5.02 Å². The van der Waals surface area contributed by atoms with E-state index in [2.05, 4.69) is 0 Å². The van der Waals surface area contributed by atoms with Crippen LogP contribution in [-0.2, 0) is 0 Å². The van der Waals surface area contributed by atoms with Crippen LogP contribution in [0.25, 0.3) is 10.1 Å². The highest BCUT2D eigenvalue weighted by Crippen LogP contribution is 2.41. The van der Waals surface area contributed by atoms with Crippen molar-refractivity contribution < 1.29 is 5.11 Å². The third-order valence-corrected chi connectivity index (χ3v) is 3.68. The van der Waals surface area contributed by atoms with Gasteiger partial charge in [-0.25, -0.2) is 0 Å². The Bertz CT molecular complexity index is 473. The highest BCUT2D eigenvalue weighted by atomic mass is 35.5. The second kappa shape index (κ2) is 2.89. The lowest BCUT2D eigenvalue weighted by atomic mass is 10.1. The number of aromatic hydroxyl groups is 1. The van der Waals surface area contributed by atoms with Gasteiger partial charge in [0.1, 0.15) is 5.75 Å². The summed E-state index contributed by atoms with van der Waals surface area (Å²) in [6.07, 6.45) is 0. The van der Waals surface area contributed by atoms with E-state index in [0.717, 1.165) is 20.5 Å². The molecular formula is C10H9ClOS. The molecule has 0 aliphatic rings. The zero-order valence-electron chi connectivity index (χ0n) is 7.39. The molecule has 0 saturated heterocycles. The smallest absolute Gasteiger partial charge is 0.138 e.